The number of rotatable bonds is 4. The van der Waals surface area contributed by atoms with Crippen LogP contribution in [0, 0.1) is 0 Å². The molecule has 1 aliphatic heterocycles. The van der Waals surface area contributed by atoms with E-state index in [1.54, 1.807) is 23.3 Å². The second-order valence-electron chi connectivity index (χ2n) is 7.13. The predicted octanol–water partition coefficient (Wildman–Crippen LogP) is 2.40. The lowest BCUT2D eigenvalue weighted by molar-refractivity contribution is 0.0760. The largest absolute Gasteiger partial charge is 0.337 e. The maximum absolute atomic E-state index is 13.0. The van der Waals surface area contributed by atoms with Gasteiger partial charge in [0.15, 0.2) is 5.82 Å². The van der Waals surface area contributed by atoms with E-state index < -0.39 is 0 Å². The van der Waals surface area contributed by atoms with Gasteiger partial charge >= 0.3 is 0 Å². The molecule has 4 rings (SSSR count). The summed E-state index contributed by atoms with van der Waals surface area (Å²) < 4.78 is 1.57. The third-order valence-electron chi connectivity index (χ3n) is 5.26. The van der Waals surface area contributed by atoms with E-state index in [2.05, 4.69) is 51.2 Å². The van der Waals surface area contributed by atoms with Crippen molar-refractivity contribution in [1.82, 2.24) is 29.5 Å². The molecule has 1 amide bonds. The van der Waals surface area contributed by atoms with Gasteiger partial charge in [-0.2, -0.15) is 5.10 Å². The molecule has 0 aliphatic carbocycles. The van der Waals surface area contributed by atoms with Gasteiger partial charge in [0, 0.05) is 38.4 Å². The van der Waals surface area contributed by atoms with Gasteiger partial charge in [0.1, 0.15) is 12.7 Å². The van der Waals surface area contributed by atoms with Crippen molar-refractivity contribution in [1.29, 1.82) is 0 Å². The van der Waals surface area contributed by atoms with E-state index in [1.807, 2.05) is 17.0 Å². The van der Waals surface area contributed by atoms with Crippen LogP contribution < -0.4 is 0 Å². The number of benzene rings is 1. The van der Waals surface area contributed by atoms with Crippen LogP contribution in [0.3, 0.4) is 0 Å². The normalized spacial score (nSPS) is 18.0. The van der Waals surface area contributed by atoms with E-state index in [9.17, 15) is 4.79 Å². The Hall–Kier alpha value is -3.06. The van der Waals surface area contributed by atoms with Crippen molar-refractivity contribution < 1.29 is 4.79 Å². The Morgan fingerprint density at radius 2 is 1.96 bits per heavy atom. The van der Waals surface area contributed by atoms with Gasteiger partial charge in [-0.05, 0) is 31.0 Å². The maximum Gasteiger partial charge on any atom is 0.255 e. The van der Waals surface area contributed by atoms with E-state index in [-0.39, 0.29) is 5.91 Å². The Bertz CT molecular complexity index is 894. The summed E-state index contributed by atoms with van der Waals surface area (Å²) in [5.41, 5.74) is 1.91. The highest BCUT2D eigenvalue weighted by molar-refractivity contribution is 5.94. The van der Waals surface area contributed by atoms with Gasteiger partial charge in [0.25, 0.3) is 5.91 Å². The molecule has 0 saturated carbocycles. The van der Waals surface area contributed by atoms with Crippen molar-refractivity contribution >= 4 is 5.91 Å². The summed E-state index contributed by atoms with van der Waals surface area (Å²) in [4.78, 5) is 25.6. The lowest BCUT2D eigenvalue weighted by Gasteiger charge is -2.26. The highest BCUT2D eigenvalue weighted by Gasteiger charge is 2.24. The number of carbonyl (C=O) groups is 1. The van der Waals surface area contributed by atoms with E-state index in [0.29, 0.717) is 17.4 Å². The van der Waals surface area contributed by atoms with Crippen LogP contribution in [0.1, 0.15) is 29.3 Å². The molecule has 1 unspecified atom stereocenters. The Kier molecular flexibility index (Phi) is 5.43. The van der Waals surface area contributed by atoms with Gasteiger partial charge in [0.05, 0.1) is 5.56 Å². The van der Waals surface area contributed by atoms with Crippen molar-refractivity contribution in [3.8, 4) is 5.82 Å². The maximum atomic E-state index is 13.0. The molecule has 2 aromatic heterocycles. The zero-order chi connectivity index (χ0) is 19.3. The minimum atomic E-state index is 0.0337. The predicted molar refractivity (Wildman–Crippen MR) is 106 cm³/mol. The molecule has 3 heterocycles. The minimum absolute atomic E-state index is 0.0337. The number of hydrogen-bond acceptors (Lipinski definition) is 5. The Morgan fingerprint density at radius 3 is 2.68 bits per heavy atom. The highest BCUT2D eigenvalue weighted by Crippen LogP contribution is 2.16. The summed E-state index contributed by atoms with van der Waals surface area (Å²) in [7, 11) is 0. The zero-order valence-corrected chi connectivity index (χ0v) is 16.0. The van der Waals surface area contributed by atoms with Crippen molar-refractivity contribution in [2.75, 3.05) is 19.6 Å². The number of hydrogen-bond donors (Lipinski definition) is 0. The molecule has 0 radical (unpaired) electrons. The molecule has 0 spiro atoms. The molecule has 3 aromatic rings. The Labute approximate surface area is 164 Å². The van der Waals surface area contributed by atoms with Crippen molar-refractivity contribution in [3.63, 3.8) is 0 Å². The fraction of sp³-hybridized carbons (Fsp3) is 0.333. The second-order valence-corrected chi connectivity index (χ2v) is 7.13. The molecule has 1 atom stereocenters. The van der Waals surface area contributed by atoms with Crippen LogP contribution in [0.15, 0.2) is 61.3 Å². The van der Waals surface area contributed by atoms with Gasteiger partial charge in [-0.3, -0.25) is 9.69 Å². The number of carbonyl (C=O) groups excluding carboxylic acids is 1. The number of amides is 1. The molecule has 7 heteroatoms. The molecule has 1 aliphatic rings. The quantitative estimate of drug-likeness (QED) is 0.699. The molecule has 144 valence electrons. The van der Waals surface area contributed by atoms with Crippen molar-refractivity contribution in [2.24, 2.45) is 0 Å². The molecule has 28 heavy (non-hydrogen) atoms. The monoisotopic (exact) mass is 376 g/mol. The van der Waals surface area contributed by atoms with Gasteiger partial charge in [-0.1, -0.05) is 30.3 Å². The summed E-state index contributed by atoms with van der Waals surface area (Å²) in [6.07, 6.45) is 5.63. The molecule has 1 aromatic carbocycles. The third-order valence-corrected chi connectivity index (χ3v) is 5.26. The molecule has 1 fully saturated rings. The fourth-order valence-corrected chi connectivity index (χ4v) is 3.52. The van der Waals surface area contributed by atoms with E-state index in [4.69, 9.17) is 0 Å². The molecular weight excluding hydrogens is 352 g/mol. The number of aromatic nitrogens is 4. The first-order valence-corrected chi connectivity index (χ1v) is 9.59. The van der Waals surface area contributed by atoms with Crippen LogP contribution in [0.4, 0.5) is 0 Å². The average Bonchev–Trinajstić information content (AvgIpc) is 3.22. The second kappa shape index (κ2) is 8.31. The summed E-state index contributed by atoms with van der Waals surface area (Å²) in [5.74, 6) is 0.680. The fourth-order valence-electron chi connectivity index (χ4n) is 3.52. The van der Waals surface area contributed by atoms with Crippen LogP contribution in [0.5, 0.6) is 0 Å². The summed E-state index contributed by atoms with van der Waals surface area (Å²) in [6, 6.07) is 14.5. The Morgan fingerprint density at radius 1 is 1.11 bits per heavy atom. The lowest BCUT2D eigenvalue weighted by atomic mass is 10.1. The van der Waals surface area contributed by atoms with Gasteiger partial charge in [0.2, 0.25) is 0 Å². The van der Waals surface area contributed by atoms with Crippen LogP contribution in [-0.2, 0) is 6.54 Å². The van der Waals surface area contributed by atoms with Gasteiger partial charge < -0.3 is 4.90 Å². The molecule has 1 saturated heterocycles. The molecule has 0 bridgehead atoms. The van der Waals surface area contributed by atoms with Crippen LogP contribution >= 0.6 is 0 Å². The Balaban J connectivity index is 1.41. The summed E-state index contributed by atoms with van der Waals surface area (Å²) in [5, 5.41) is 4.06. The number of pyridine rings is 1. The van der Waals surface area contributed by atoms with E-state index in [1.165, 1.54) is 11.9 Å². The molecule has 7 nitrogen and oxygen atoms in total. The molecular formula is C21H24N6O. The highest BCUT2D eigenvalue weighted by atomic mass is 16.2. The van der Waals surface area contributed by atoms with Crippen molar-refractivity contribution in [2.45, 2.75) is 25.9 Å². The lowest BCUT2D eigenvalue weighted by Crippen LogP contribution is -2.36. The van der Waals surface area contributed by atoms with E-state index in [0.717, 1.165) is 32.6 Å². The smallest absolute Gasteiger partial charge is 0.255 e. The zero-order valence-electron chi connectivity index (χ0n) is 16.0. The van der Waals surface area contributed by atoms with Gasteiger partial charge in [-0.25, -0.2) is 14.6 Å². The molecule has 0 N–H and O–H groups in total. The average molecular weight is 376 g/mol. The van der Waals surface area contributed by atoms with Crippen LogP contribution in [-0.4, -0.2) is 61.1 Å². The first kappa shape index (κ1) is 18.3. The SMILES string of the molecule is CC1CCN(C(=O)c2ccc(-n3cncn3)nc2)CCN1Cc1ccccc1. The third kappa shape index (κ3) is 4.09. The number of nitrogens with zero attached hydrogens (tertiary/aromatic N) is 6. The van der Waals surface area contributed by atoms with E-state index >= 15 is 0 Å². The van der Waals surface area contributed by atoms with Crippen LogP contribution in [0.25, 0.3) is 5.82 Å². The summed E-state index contributed by atoms with van der Waals surface area (Å²) >= 11 is 0. The summed E-state index contributed by atoms with van der Waals surface area (Å²) in [6.45, 7) is 5.51. The topological polar surface area (TPSA) is 67.2 Å². The van der Waals surface area contributed by atoms with Crippen molar-refractivity contribution in [3.05, 3.63) is 72.4 Å². The standard InChI is InChI=1S/C21H24N6O/c1-17-9-10-25(11-12-26(17)14-18-5-3-2-4-6-18)21(28)19-7-8-20(23-13-19)27-16-22-15-24-27/h2-8,13,15-17H,9-12,14H2,1H3. The van der Waals surface area contributed by atoms with Crippen LogP contribution in [0.2, 0.25) is 0 Å². The minimum Gasteiger partial charge on any atom is -0.337 e. The first-order chi connectivity index (χ1) is 13.7. The van der Waals surface area contributed by atoms with Gasteiger partial charge in [-0.15, -0.1) is 0 Å². The first-order valence-electron chi connectivity index (χ1n) is 9.59.